The molecule has 120 heavy (non-hydrogen) atoms. The van der Waals surface area contributed by atoms with Gasteiger partial charge in [0.25, 0.3) is 0 Å². The average molecular weight is 1650 g/mol. The van der Waals surface area contributed by atoms with Crippen molar-refractivity contribution >= 4 is 96.6 Å². The first kappa shape index (κ1) is 88.0. The summed E-state index contributed by atoms with van der Waals surface area (Å²) < 4.78 is 40.8. The van der Waals surface area contributed by atoms with E-state index in [9.17, 15) is 43.2 Å². The molecule has 10 aromatic carbocycles. The monoisotopic (exact) mass is 1650 g/mol. The number of carbonyl (C=O) groups is 9. The fourth-order valence-corrected chi connectivity index (χ4v) is 16.5. The summed E-state index contributed by atoms with van der Waals surface area (Å²) in [7, 11) is 8.96. The molecule has 6 atom stereocenters. The summed E-state index contributed by atoms with van der Waals surface area (Å²) in [5, 5.41) is 27.2. The Morgan fingerprint density at radius 3 is 1.14 bits per heavy atom. The third-order valence-corrected chi connectivity index (χ3v) is 22.0. The highest BCUT2D eigenvalue weighted by molar-refractivity contribution is 6.13. The number of alkyl carbamates (subject to hydrolysis) is 1. The van der Waals surface area contributed by atoms with E-state index in [2.05, 4.69) is 79.3 Å². The Morgan fingerprint density at radius 1 is 0.425 bits per heavy atom. The summed E-state index contributed by atoms with van der Waals surface area (Å²) in [4.78, 5) is 121. The number of hydrogen-bond donors (Lipinski definition) is 8. The van der Waals surface area contributed by atoms with E-state index in [1.807, 2.05) is 158 Å². The molecule has 626 valence electrons. The number of quaternary nitrogens is 1. The standard InChI is InChI=1S/C55H56N4O9.C40H46N4O7.ClH/c1-33(60)57-47-31-37-30-35-18-6-9-21-39(35)49(51(37)66-3)48-38-20-8-5-17-34(38)29-36(50(48)65-2)19-7-14-27-46(54(63)67-4)59-52(61)45(58-53(47)62)26-15-16-28-56-55(64)68-32-44-42-24-12-10-22-40(42)41-23-11-13-25-43(41)44;1-24(45)42-33-23-28-22-26-14-6-9-17-30(26)35(37(28)50-3)34-29-16-8-5-13-25(29)21-27(36(34)49-2)15-7-10-19-32(40(48)51-4)44-38(46)31(43-39(33)47)18-11-12-20-41;/h5-14,17-18,20-25,29-30,44-47H,15-16,19,26-28,31-32H2,1-4H3,(H,56,64)(H,57,60)(H,58,62)(H,59,61);5-10,13-14,16-17,21-22,31-33H,11-12,15,18-20,23,41H2,1-4H3,(H,42,45)(H,43,47)(H,44,46);1H/t45-,46-,47?;31-,32-,33?;/m00./s1. The Balaban J connectivity index is 0.000000243. The molecule has 0 aromatic heterocycles. The second-order valence-electron chi connectivity index (χ2n) is 29.8. The predicted octanol–water partition coefficient (Wildman–Crippen LogP) is 8.86. The second-order valence-corrected chi connectivity index (χ2v) is 29.8. The number of carbonyl (C=O) groups excluding carboxylic acids is 9. The maximum Gasteiger partial charge on any atom is 0.407 e. The zero-order valence-corrected chi connectivity index (χ0v) is 69.5. The molecule has 13 rings (SSSR count). The lowest BCUT2D eigenvalue weighted by Gasteiger charge is -2.26. The summed E-state index contributed by atoms with van der Waals surface area (Å²) in [6, 6.07) is 49.9. The Hall–Kier alpha value is -12.8. The molecule has 10 aromatic rings. The average Bonchev–Trinajstić information content (AvgIpc) is 0.911. The van der Waals surface area contributed by atoms with Gasteiger partial charge in [0.05, 0.1) is 49.2 Å². The quantitative estimate of drug-likeness (QED) is 0.0162. The van der Waals surface area contributed by atoms with Crippen molar-refractivity contribution < 1.29 is 94.4 Å². The highest BCUT2D eigenvalue weighted by Gasteiger charge is 2.36. The minimum Gasteiger partial charge on any atom is -1.00 e. The summed E-state index contributed by atoms with van der Waals surface area (Å²) in [5.41, 5.74) is 14.7. The van der Waals surface area contributed by atoms with Gasteiger partial charge in [0, 0.05) is 61.4 Å². The van der Waals surface area contributed by atoms with Gasteiger partial charge in [-0.1, -0.05) is 170 Å². The second kappa shape index (κ2) is 41.5. The molecule has 0 spiro atoms. The molecule has 0 saturated heterocycles. The van der Waals surface area contributed by atoms with Crippen LogP contribution in [-0.2, 0) is 78.3 Å². The normalized spacial score (nSPS) is 17.5. The van der Waals surface area contributed by atoms with Crippen LogP contribution in [0.1, 0.15) is 105 Å². The van der Waals surface area contributed by atoms with Crippen LogP contribution in [0.25, 0.3) is 76.5 Å². The van der Waals surface area contributed by atoms with E-state index >= 15 is 0 Å². The van der Waals surface area contributed by atoms with Crippen LogP contribution in [0.2, 0.25) is 0 Å². The van der Waals surface area contributed by atoms with Crippen LogP contribution in [0.4, 0.5) is 4.79 Å². The van der Waals surface area contributed by atoms with E-state index in [1.54, 1.807) is 28.4 Å². The largest absolute Gasteiger partial charge is 1.00 e. The minimum absolute atomic E-state index is 0. The first-order chi connectivity index (χ1) is 57.8. The van der Waals surface area contributed by atoms with Crippen LogP contribution in [-0.4, -0.2) is 152 Å². The van der Waals surface area contributed by atoms with Gasteiger partial charge in [0.2, 0.25) is 35.4 Å². The number of rotatable bonds is 19. The number of hydrogen-bond acceptors (Lipinski definition) is 16. The Labute approximate surface area is 703 Å². The van der Waals surface area contributed by atoms with Gasteiger partial charge in [-0.3, -0.25) is 28.8 Å². The van der Waals surface area contributed by atoms with Crippen molar-refractivity contribution in [2.45, 2.75) is 133 Å². The third-order valence-electron chi connectivity index (χ3n) is 22.0. The van der Waals surface area contributed by atoms with Gasteiger partial charge in [-0.25, -0.2) is 14.4 Å². The lowest BCUT2D eigenvalue weighted by molar-refractivity contribution is -0.368. The zero-order chi connectivity index (χ0) is 84.2. The summed E-state index contributed by atoms with van der Waals surface area (Å²) in [6.45, 7) is 3.75. The van der Waals surface area contributed by atoms with E-state index in [0.29, 0.717) is 79.2 Å². The molecular formula is C95H103ClN8O16. The zero-order valence-electron chi connectivity index (χ0n) is 68.7. The van der Waals surface area contributed by atoms with Crippen molar-refractivity contribution in [2.75, 3.05) is 62.4 Å². The van der Waals surface area contributed by atoms with E-state index in [1.165, 1.54) is 28.1 Å². The molecular weight excluding hydrogens is 1540 g/mol. The van der Waals surface area contributed by atoms with Crippen LogP contribution in [0.5, 0.6) is 23.0 Å². The van der Waals surface area contributed by atoms with Gasteiger partial charge in [0.15, 0.2) is 0 Å². The van der Waals surface area contributed by atoms with Crippen LogP contribution < -0.4 is 74.3 Å². The van der Waals surface area contributed by atoms with Gasteiger partial charge >= 0.3 is 18.0 Å². The first-order valence-electron chi connectivity index (χ1n) is 40.2. The van der Waals surface area contributed by atoms with Gasteiger partial charge in [-0.2, -0.15) is 0 Å². The molecule has 3 aliphatic rings. The van der Waals surface area contributed by atoms with Crippen LogP contribution >= 0.6 is 0 Å². The summed E-state index contributed by atoms with van der Waals surface area (Å²) >= 11 is 0. The minimum atomic E-state index is -1.15. The van der Waals surface area contributed by atoms with E-state index in [-0.39, 0.29) is 63.6 Å². The molecule has 10 N–H and O–H groups in total. The van der Waals surface area contributed by atoms with Gasteiger partial charge < -0.3 is 88.5 Å². The number of amides is 7. The summed E-state index contributed by atoms with van der Waals surface area (Å²) in [6.07, 6.45) is 10.8. The third kappa shape index (κ3) is 20.3. The van der Waals surface area contributed by atoms with Gasteiger partial charge in [0.1, 0.15) is 65.9 Å². The Bertz CT molecular complexity index is 5490. The highest BCUT2D eigenvalue weighted by Crippen LogP contribution is 2.51. The van der Waals surface area contributed by atoms with E-state index < -0.39 is 89.7 Å². The molecule has 25 heteroatoms. The lowest BCUT2D eigenvalue weighted by atomic mass is 9.87. The van der Waals surface area contributed by atoms with Crippen LogP contribution in [0.15, 0.2) is 194 Å². The van der Waals surface area contributed by atoms with Crippen molar-refractivity contribution in [2.24, 2.45) is 0 Å². The Morgan fingerprint density at radius 2 is 0.775 bits per heavy atom. The maximum absolute atomic E-state index is 14.5. The lowest BCUT2D eigenvalue weighted by Crippen LogP contribution is -3.00. The molecule has 8 bridgehead atoms. The fraction of sp³-hybridized carbons (Fsp3) is 0.316. The topological polar surface area (TPSA) is 330 Å². The van der Waals surface area contributed by atoms with Crippen molar-refractivity contribution in [1.29, 1.82) is 0 Å². The van der Waals surface area contributed by atoms with Crippen LogP contribution in [0.3, 0.4) is 0 Å². The van der Waals surface area contributed by atoms with Crippen molar-refractivity contribution in [3.63, 3.8) is 0 Å². The predicted molar refractivity (Wildman–Crippen MR) is 458 cm³/mol. The van der Waals surface area contributed by atoms with Crippen molar-refractivity contribution in [1.82, 2.24) is 37.2 Å². The molecule has 24 nitrogen and oxygen atoms in total. The molecule has 2 heterocycles. The molecule has 2 unspecified atom stereocenters. The number of allylic oxidation sites excluding steroid dienone is 2. The molecule has 0 radical (unpaired) electrons. The van der Waals surface area contributed by atoms with Gasteiger partial charge in [-0.05, 0) is 176 Å². The SMILES string of the molecule is COC(=O)[C@@H]1CC=CCc2cc3ccccc3c(c2OC)-c2c(OC)c(cc3ccccc23)CC(NC(C)=O)C(=O)N[C@@H](CCCCNC(=O)OCC2c3ccccc3-c3ccccc32)C(=O)N1.COC(=O)[C@@H]1CC=CCc2cc3ccccc3c(c2OC)-c2c(OC)c(cc3ccccc23)CC(NC(C)=O)C(=O)N[C@@H](CCCC[NH3+])C(=O)N1.[Cl-]. The number of unbranched alkanes of at least 4 members (excludes halogenated alkanes) is 2. The Kier molecular flexibility index (Phi) is 30.5. The number of esters is 2. The molecule has 7 amide bonds. The van der Waals surface area contributed by atoms with Crippen molar-refractivity contribution in [3.05, 3.63) is 228 Å². The molecule has 2 aliphatic heterocycles. The fourth-order valence-electron chi connectivity index (χ4n) is 16.5. The number of ether oxygens (including phenoxy) is 7. The van der Waals surface area contributed by atoms with Crippen LogP contribution in [0, 0.1) is 0 Å². The number of nitrogens with one attached hydrogen (secondary N) is 7. The number of methoxy groups -OCH3 is 6. The number of benzene rings is 10. The summed E-state index contributed by atoms with van der Waals surface area (Å²) in [5.74, 6) is -2.18. The molecule has 1 aliphatic carbocycles. The first-order valence-corrected chi connectivity index (χ1v) is 40.2. The maximum atomic E-state index is 14.5. The number of halogens is 1. The van der Waals surface area contributed by atoms with E-state index in [4.69, 9.17) is 33.2 Å². The molecule has 0 saturated carbocycles. The van der Waals surface area contributed by atoms with Gasteiger partial charge in [-0.15, -0.1) is 0 Å². The number of fused-ring (bicyclic) bond motifs is 21. The smallest absolute Gasteiger partial charge is 0.407 e. The van der Waals surface area contributed by atoms with E-state index in [0.717, 1.165) is 105 Å². The molecule has 0 fully saturated rings. The highest BCUT2D eigenvalue weighted by atomic mass is 35.5. The van der Waals surface area contributed by atoms with Crippen molar-refractivity contribution in [3.8, 4) is 56.4 Å².